The van der Waals surface area contributed by atoms with Gasteiger partial charge in [-0.15, -0.1) is 6.42 Å². The third-order valence-electron chi connectivity index (χ3n) is 2.60. The number of terminal acetylenes is 1. The molecule has 0 spiro atoms. The summed E-state index contributed by atoms with van der Waals surface area (Å²) in [6.45, 7) is 6.35. The number of benzene rings is 1. The molecule has 80 valence electrons. The summed E-state index contributed by atoms with van der Waals surface area (Å²) in [6, 6.07) is 9.00. The fourth-order valence-corrected chi connectivity index (χ4v) is 1.62. The van der Waals surface area contributed by atoms with Crippen LogP contribution in [0, 0.1) is 19.3 Å². The highest BCUT2D eigenvalue weighted by molar-refractivity contribution is 5.25. The molecule has 0 aromatic heterocycles. The summed E-state index contributed by atoms with van der Waals surface area (Å²) in [5.41, 5.74) is 2.58. The lowest BCUT2D eigenvalue weighted by Gasteiger charge is -2.18. The predicted octanol–water partition coefficient (Wildman–Crippen LogP) is 3.06. The van der Waals surface area contributed by atoms with E-state index < -0.39 is 0 Å². The lowest BCUT2D eigenvalue weighted by molar-refractivity contribution is 0.512. The molecule has 0 saturated carbocycles. The zero-order valence-corrected chi connectivity index (χ0v) is 9.75. The second-order valence-electron chi connectivity index (χ2n) is 3.93. The quantitative estimate of drug-likeness (QED) is 0.738. The number of aryl methyl sites for hydroxylation is 1. The maximum atomic E-state index is 5.43. The Morgan fingerprint density at radius 1 is 1.47 bits per heavy atom. The van der Waals surface area contributed by atoms with Crippen LogP contribution < -0.4 is 5.32 Å². The van der Waals surface area contributed by atoms with Crippen LogP contribution in [0.25, 0.3) is 0 Å². The van der Waals surface area contributed by atoms with Crippen LogP contribution >= 0.6 is 0 Å². The van der Waals surface area contributed by atoms with Gasteiger partial charge in [-0.3, -0.25) is 5.32 Å². The molecule has 0 fully saturated rings. The molecule has 1 heteroatoms. The van der Waals surface area contributed by atoms with Crippen molar-refractivity contribution >= 4 is 0 Å². The van der Waals surface area contributed by atoms with E-state index in [4.69, 9.17) is 6.42 Å². The van der Waals surface area contributed by atoms with Crippen LogP contribution in [0.3, 0.4) is 0 Å². The molecule has 0 radical (unpaired) electrons. The van der Waals surface area contributed by atoms with Gasteiger partial charge in [0.05, 0.1) is 6.04 Å². The smallest absolute Gasteiger partial charge is 0.0688 e. The number of hydrogen-bond donors (Lipinski definition) is 1. The molecule has 1 rings (SSSR count). The summed E-state index contributed by atoms with van der Waals surface area (Å²) in [5, 5.41) is 3.42. The number of nitrogens with one attached hydrogen (secondary N) is 1. The minimum Gasteiger partial charge on any atom is -0.297 e. The van der Waals surface area contributed by atoms with Gasteiger partial charge in [-0.25, -0.2) is 0 Å². The van der Waals surface area contributed by atoms with E-state index in [0.29, 0.717) is 6.04 Å². The third-order valence-corrected chi connectivity index (χ3v) is 2.60. The highest BCUT2D eigenvalue weighted by atomic mass is 14.9. The Bertz CT molecular complexity index is 349. The fraction of sp³-hybridized carbons (Fsp3) is 0.429. The van der Waals surface area contributed by atoms with Gasteiger partial charge in [0.2, 0.25) is 0 Å². The third kappa shape index (κ3) is 3.42. The first-order valence-electron chi connectivity index (χ1n) is 5.46. The van der Waals surface area contributed by atoms with Crippen molar-refractivity contribution in [2.24, 2.45) is 0 Å². The minimum atomic E-state index is 0.167. The van der Waals surface area contributed by atoms with Crippen LogP contribution in [0.1, 0.15) is 37.4 Å². The topological polar surface area (TPSA) is 12.0 Å². The largest absolute Gasteiger partial charge is 0.297 e. The molecule has 0 amide bonds. The fourth-order valence-electron chi connectivity index (χ4n) is 1.62. The van der Waals surface area contributed by atoms with Crippen molar-refractivity contribution in [1.29, 1.82) is 0 Å². The highest BCUT2D eigenvalue weighted by Gasteiger charge is 2.09. The second kappa shape index (κ2) is 5.58. The number of hydrogen-bond acceptors (Lipinski definition) is 1. The van der Waals surface area contributed by atoms with Crippen molar-refractivity contribution in [3.63, 3.8) is 0 Å². The molecule has 0 saturated heterocycles. The van der Waals surface area contributed by atoms with Crippen LogP contribution in [0.2, 0.25) is 0 Å². The minimum absolute atomic E-state index is 0.167. The van der Waals surface area contributed by atoms with Crippen molar-refractivity contribution in [2.45, 2.75) is 39.3 Å². The van der Waals surface area contributed by atoms with E-state index in [1.165, 1.54) is 11.1 Å². The van der Waals surface area contributed by atoms with Crippen molar-refractivity contribution in [3.8, 4) is 12.3 Å². The van der Waals surface area contributed by atoms with Gasteiger partial charge < -0.3 is 0 Å². The molecule has 1 nitrogen and oxygen atoms in total. The lowest BCUT2D eigenvalue weighted by Crippen LogP contribution is -2.29. The predicted molar refractivity (Wildman–Crippen MR) is 65.6 cm³/mol. The Labute approximate surface area is 92.9 Å². The van der Waals surface area contributed by atoms with Crippen LogP contribution in [0.4, 0.5) is 0 Å². The van der Waals surface area contributed by atoms with E-state index in [2.05, 4.69) is 56.3 Å². The van der Waals surface area contributed by atoms with E-state index in [-0.39, 0.29) is 6.04 Å². The van der Waals surface area contributed by atoms with E-state index >= 15 is 0 Å². The van der Waals surface area contributed by atoms with Crippen molar-refractivity contribution in [2.75, 3.05) is 0 Å². The van der Waals surface area contributed by atoms with Crippen molar-refractivity contribution in [3.05, 3.63) is 35.4 Å². The molecular weight excluding hydrogens is 182 g/mol. The van der Waals surface area contributed by atoms with Gasteiger partial charge in [0.1, 0.15) is 0 Å². The van der Waals surface area contributed by atoms with Gasteiger partial charge >= 0.3 is 0 Å². The maximum Gasteiger partial charge on any atom is 0.0688 e. The van der Waals surface area contributed by atoms with Crippen LogP contribution in [-0.4, -0.2) is 6.04 Å². The van der Waals surface area contributed by atoms with E-state index in [1.54, 1.807) is 0 Å². The Balaban J connectivity index is 2.69. The molecule has 0 aliphatic heterocycles. The molecule has 0 aliphatic carbocycles. The molecule has 1 aromatic rings. The van der Waals surface area contributed by atoms with Crippen LogP contribution in [-0.2, 0) is 0 Å². The van der Waals surface area contributed by atoms with Gasteiger partial charge in [-0.2, -0.15) is 0 Å². The summed E-state index contributed by atoms with van der Waals surface area (Å²) < 4.78 is 0. The van der Waals surface area contributed by atoms with Gasteiger partial charge in [-0.05, 0) is 25.8 Å². The SMILES string of the molecule is C#CC(CC)N[C@H](C)c1cccc(C)c1. The van der Waals surface area contributed by atoms with Crippen molar-refractivity contribution < 1.29 is 0 Å². The molecule has 1 unspecified atom stereocenters. The summed E-state index contributed by atoms with van der Waals surface area (Å²) in [7, 11) is 0. The molecule has 0 aliphatic rings. The summed E-state index contributed by atoms with van der Waals surface area (Å²) in [5.74, 6) is 2.76. The Hall–Kier alpha value is -1.26. The molecule has 2 atom stereocenters. The maximum absolute atomic E-state index is 5.43. The van der Waals surface area contributed by atoms with E-state index in [0.717, 1.165) is 6.42 Å². The van der Waals surface area contributed by atoms with Crippen LogP contribution in [0.5, 0.6) is 0 Å². The second-order valence-corrected chi connectivity index (χ2v) is 3.93. The molecule has 15 heavy (non-hydrogen) atoms. The first kappa shape index (κ1) is 11.8. The monoisotopic (exact) mass is 201 g/mol. The van der Waals surface area contributed by atoms with Gasteiger partial charge in [0.15, 0.2) is 0 Å². The molecule has 1 N–H and O–H groups in total. The number of rotatable bonds is 4. The molecular formula is C14H19N. The van der Waals surface area contributed by atoms with Gasteiger partial charge in [-0.1, -0.05) is 42.7 Å². The lowest BCUT2D eigenvalue weighted by atomic mass is 10.0. The molecule has 0 bridgehead atoms. The Morgan fingerprint density at radius 3 is 2.73 bits per heavy atom. The van der Waals surface area contributed by atoms with Crippen LogP contribution in [0.15, 0.2) is 24.3 Å². The Kier molecular flexibility index (Phi) is 4.39. The average Bonchev–Trinajstić information content (AvgIpc) is 2.25. The van der Waals surface area contributed by atoms with E-state index in [9.17, 15) is 0 Å². The van der Waals surface area contributed by atoms with Gasteiger partial charge in [0, 0.05) is 6.04 Å². The highest BCUT2D eigenvalue weighted by Crippen LogP contribution is 2.14. The Morgan fingerprint density at radius 2 is 2.20 bits per heavy atom. The average molecular weight is 201 g/mol. The molecule has 0 heterocycles. The first-order chi connectivity index (χ1) is 7.17. The van der Waals surface area contributed by atoms with Crippen molar-refractivity contribution in [1.82, 2.24) is 5.32 Å². The normalized spacial score (nSPS) is 14.3. The standard InChI is InChI=1S/C14H19N/c1-5-14(6-2)15-12(4)13-9-7-8-11(3)10-13/h1,7-10,12,14-15H,6H2,2-4H3/t12-,14?/m1/s1. The first-order valence-corrected chi connectivity index (χ1v) is 5.46. The summed E-state index contributed by atoms with van der Waals surface area (Å²) in [4.78, 5) is 0. The molecule has 1 aromatic carbocycles. The zero-order chi connectivity index (χ0) is 11.3. The van der Waals surface area contributed by atoms with Gasteiger partial charge in [0.25, 0.3) is 0 Å². The van der Waals surface area contributed by atoms with E-state index in [1.807, 2.05) is 0 Å². The zero-order valence-electron chi connectivity index (χ0n) is 9.75. The summed E-state index contributed by atoms with van der Waals surface area (Å²) >= 11 is 0. The summed E-state index contributed by atoms with van der Waals surface area (Å²) in [6.07, 6.45) is 6.39.